The molecule has 0 amide bonds. The van der Waals surface area contributed by atoms with Gasteiger partial charge in [0, 0.05) is 6.54 Å². The molecule has 0 aliphatic heterocycles. The molecule has 1 unspecified atom stereocenters. The fourth-order valence-corrected chi connectivity index (χ4v) is 1.50. The highest BCUT2D eigenvalue weighted by Crippen LogP contribution is 2.12. The molecule has 1 rings (SSSR count). The van der Waals surface area contributed by atoms with E-state index in [1.165, 1.54) is 0 Å². The molecule has 0 spiro atoms. The monoisotopic (exact) mass is 237 g/mol. The van der Waals surface area contributed by atoms with E-state index >= 15 is 0 Å². The second kappa shape index (κ2) is 7.30. The van der Waals surface area contributed by atoms with Crippen molar-refractivity contribution < 1.29 is 9.84 Å². The van der Waals surface area contributed by atoms with Crippen molar-refractivity contribution in [1.82, 2.24) is 5.32 Å². The van der Waals surface area contributed by atoms with Crippen LogP contribution in [-0.4, -0.2) is 30.9 Å². The first kappa shape index (κ1) is 14.0. The lowest BCUT2D eigenvalue weighted by Crippen LogP contribution is -2.33. The number of rotatable bonds is 7. The third-order valence-corrected chi connectivity index (χ3v) is 2.36. The van der Waals surface area contributed by atoms with E-state index in [1.54, 1.807) is 0 Å². The Kier molecular flexibility index (Phi) is 6.01. The lowest BCUT2D eigenvalue weighted by molar-refractivity contribution is 0.106. The molecule has 0 aromatic heterocycles. The van der Waals surface area contributed by atoms with Crippen molar-refractivity contribution in [3.8, 4) is 5.75 Å². The summed E-state index contributed by atoms with van der Waals surface area (Å²) in [7, 11) is 0. The predicted octanol–water partition coefficient (Wildman–Crippen LogP) is 1.98. The summed E-state index contributed by atoms with van der Waals surface area (Å²) in [5.41, 5.74) is 1.16. The molecule has 96 valence electrons. The number of hydrogen-bond donors (Lipinski definition) is 2. The Hall–Kier alpha value is -1.06. The van der Waals surface area contributed by atoms with Crippen LogP contribution in [0.5, 0.6) is 5.75 Å². The Morgan fingerprint density at radius 3 is 2.71 bits per heavy atom. The number of benzene rings is 1. The molecular formula is C14H23NO2. The lowest BCUT2D eigenvalue weighted by Gasteiger charge is -2.14. The normalized spacial score (nSPS) is 12.8. The van der Waals surface area contributed by atoms with Crippen LogP contribution in [0.3, 0.4) is 0 Å². The van der Waals surface area contributed by atoms with E-state index in [2.05, 4.69) is 19.2 Å². The Bertz CT molecular complexity index is 326. The second-order valence-corrected chi connectivity index (χ2v) is 4.83. The van der Waals surface area contributed by atoms with Gasteiger partial charge in [-0.25, -0.2) is 0 Å². The van der Waals surface area contributed by atoms with Gasteiger partial charge in [0.2, 0.25) is 0 Å². The molecule has 0 heterocycles. The molecule has 0 aliphatic carbocycles. The maximum Gasteiger partial charge on any atom is 0.119 e. The standard InChI is InChI=1S/C14H23NO2/c1-11(2)8-15-9-13(16)10-17-14-6-4-5-12(3)7-14/h4-7,11,13,15-16H,8-10H2,1-3H3. The summed E-state index contributed by atoms with van der Waals surface area (Å²) in [6, 6.07) is 7.84. The van der Waals surface area contributed by atoms with E-state index in [-0.39, 0.29) is 0 Å². The van der Waals surface area contributed by atoms with E-state index in [0.717, 1.165) is 17.9 Å². The quantitative estimate of drug-likeness (QED) is 0.762. The SMILES string of the molecule is Cc1cccc(OCC(O)CNCC(C)C)c1. The zero-order chi connectivity index (χ0) is 12.7. The predicted molar refractivity (Wildman–Crippen MR) is 70.4 cm³/mol. The third-order valence-electron chi connectivity index (χ3n) is 2.36. The zero-order valence-electron chi connectivity index (χ0n) is 10.9. The number of aryl methyl sites for hydroxylation is 1. The minimum absolute atomic E-state index is 0.328. The van der Waals surface area contributed by atoms with Crippen molar-refractivity contribution in [2.45, 2.75) is 26.9 Å². The molecule has 1 atom stereocenters. The van der Waals surface area contributed by atoms with Crippen LogP contribution in [0.1, 0.15) is 19.4 Å². The van der Waals surface area contributed by atoms with Crippen molar-refractivity contribution in [2.24, 2.45) is 5.92 Å². The van der Waals surface area contributed by atoms with Gasteiger partial charge >= 0.3 is 0 Å². The highest BCUT2D eigenvalue weighted by molar-refractivity contribution is 5.27. The molecular weight excluding hydrogens is 214 g/mol. The van der Waals surface area contributed by atoms with Gasteiger partial charge in [-0.15, -0.1) is 0 Å². The zero-order valence-corrected chi connectivity index (χ0v) is 10.9. The van der Waals surface area contributed by atoms with E-state index in [0.29, 0.717) is 19.1 Å². The molecule has 0 aliphatic rings. The highest BCUT2D eigenvalue weighted by Gasteiger charge is 2.05. The first-order valence-corrected chi connectivity index (χ1v) is 6.16. The smallest absolute Gasteiger partial charge is 0.119 e. The maximum atomic E-state index is 9.71. The van der Waals surface area contributed by atoms with Gasteiger partial charge in [-0.2, -0.15) is 0 Å². The van der Waals surface area contributed by atoms with E-state index in [9.17, 15) is 5.11 Å². The summed E-state index contributed by atoms with van der Waals surface area (Å²) in [5.74, 6) is 1.41. The van der Waals surface area contributed by atoms with Gasteiger partial charge in [0.25, 0.3) is 0 Å². The molecule has 1 aromatic carbocycles. The fraction of sp³-hybridized carbons (Fsp3) is 0.571. The molecule has 3 heteroatoms. The molecule has 0 saturated carbocycles. The minimum Gasteiger partial charge on any atom is -0.491 e. The molecule has 17 heavy (non-hydrogen) atoms. The van der Waals surface area contributed by atoms with E-state index in [4.69, 9.17) is 4.74 Å². The van der Waals surface area contributed by atoms with Gasteiger partial charge in [0.05, 0.1) is 0 Å². The average Bonchev–Trinajstić information content (AvgIpc) is 2.26. The number of hydrogen-bond acceptors (Lipinski definition) is 3. The molecule has 0 bridgehead atoms. The first-order valence-electron chi connectivity index (χ1n) is 6.16. The van der Waals surface area contributed by atoms with Crippen molar-refractivity contribution in [3.63, 3.8) is 0 Å². The van der Waals surface area contributed by atoms with Gasteiger partial charge in [-0.3, -0.25) is 0 Å². The number of nitrogens with one attached hydrogen (secondary N) is 1. The largest absolute Gasteiger partial charge is 0.491 e. The van der Waals surface area contributed by atoms with Gasteiger partial charge in [-0.1, -0.05) is 26.0 Å². The van der Waals surface area contributed by atoms with Crippen LogP contribution >= 0.6 is 0 Å². The van der Waals surface area contributed by atoms with Gasteiger partial charge in [-0.05, 0) is 37.1 Å². The number of aliphatic hydroxyl groups excluding tert-OH is 1. The van der Waals surface area contributed by atoms with E-state index < -0.39 is 6.10 Å². The number of aliphatic hydroxyl groups is 1. The Balaban J connectivity index is 2.21. The summed E-state index contributed by atoms with van der Waals surface area (Å²) in [6.07, 6.45) is -0.464. The van der Waals surface area contributed by atoms with E-state index in [1.807, 2.05) is 31.2 Å². The van der Waals surface area contributed by atoms with Crippen LogP contribution in [0.25, 0.3) is 0 Å². The second-order valence-electron chi connectivity index (χ2n) is 4.83. The van der Waals surface area contributed by atoms with Crippen molar-refractivity contribution >= 4 is 0 Å². The first-order chi connectivity index (χ1) is 8.08. The van der Waals surface area contributed by atoms with Crippen molar-refractivity contribution in [3.05, 3.63) is 29.8 Å². The third kappa shape index (κ3) is 6.29. The fourth-order valence-electron chi connectivity index (χ4n) is 1.50. The van der Waals surface area contributed by atoms with Gasteiger partial charge in [0.1, 0.15) is 18.5 Å². The molecule has 1 aromatic rings. The summed E-state index contributed by atoms with van der Waals surface area (Å²) < 4.78 is 5.52. The minimum atomic E-state index is -0.464. The van der Waals surface area contributed by atoms with Crippen LogP contribution in [0.4, 0.5) is 0 Å². The van der Waals surface area contributed by atoms with Crippen molar-refractivity contribution in [1.29, 1.82) is 0 Å². The van der Waals surface area contributed by atoms with Crippen LogP contribution in [-0.2, 0) is 0 Å². The van der Waals surface area contributed by atoms with Gasteiger partial charge in [0.15, 0.2) is 0 Å². The Labute approximate surface area is 104 Å². The molecule has 0 fully saturated rings. The number of ether oxygens (including phenoxy) is 1. The summed E-state index contributed by atoms with van der Waals surface area (Å²) >= 11 is 0. The average molecular weight is 237 g/mol. The highest BCUT2D eigenvalue weighted by atomic mass is 16.5. The van der Waals surface area contributed by atoms with Crippen molar-refractivity contribution in [2.75, 3.05) is 19.7 Å². The molecule has 3 nitrogen and oxygen atoms in total. The summed E-state index contributed by atoms with van der Waals surface area (Å²) in [4.78, 5) is 0. The van der Waals surface area contributed by atoms with Crippen LogP contribution in [0, 0.1) is 12.8 Å². The Morgan fingerprint density at radius 1 is 1.29 bits per heavy atom. The van der Waals surface area contributed by atoms with Crippen LogP contribution in [0.15, 0.2) is 24.3 Å². The summed E-state index contributed by atoms with van der Waals surface area (Å²) in [5, 5.41) is 12.9. The van der Waals surface area contributed by atoms with Crippen LogP contribution < -0.4 is 10.1 Å². The Morgan fingerprint density at radius 2 is 2.06 bits per heavy atom. The lowest BCUT2D eigenvalue weighted by atomic mass is 10.2. The topological polar surface area (TPSA) is 41.5 Å². The molecule has 2 N–H and O–H groups in total. The van der Waals surface area contributed by atoms with Gasteiger partial charge < -0.3 is 15.2 Å². The molecule has 0 radical (unpaired) electrons. The molecule has 0 saturated heterocycles. The summed E-state index contributed by atoms with van der Waals surface area (Å²) in [6.45, 7) is 8.12. The maximum absolute atomic E-state index is 9.71. The van der Waals surface area contributed by atoms with Crippen LogP contribution in [0.2, 0.25) is 0 Å².